The van der Waals surface area contributed by atoms with Crippen LogP contribution >= 0.6 is 0 Å². The zero-order valence-electron chi connectivity index (χ0n) is 14.3. The Balaban J connectivity index is 1.74. The molecule has 0 bridgehead atoms. The van der Waals surface area contributed by atoms with Crippen LogP contribution in [0.2, 0.25) is 0 Å². The number of nitrogens with one attached hydrogen (secondary N) is 2. The van der Waals surface area contributed by atoms with Gasteiger partial charge in [-0.05, 0) is 50.1 Å². The summed E-state index contributed by atoms with van der Waals surface area (Å²) in [5.74, 6) is 0.721. The molecule has 24 heavy (non-hydrogen) atoms. The van der Waals surface area contributed by atoms with Crippen LogP contribution in [0, 0.1) is 12.7 Å². The van der Waals surface area contributed by atoms with Gasteiger partial charge in [-0.25, -0.2) is 4.39 Å². The molecule has 0 radical (unpaired) electrons. The molecule has 1 aliphatic heterocycles. The SMILES string of the molecule is COc1ccc(C)cc1CN[C@@H]1CCCN[C@@H]1c1cccc(F)c1. The summed E-state index contributed by atoms with van der Waals surface area (Å²) in [7, 11) is 1.70. The summed E-state index contributed by atoms with van der Waals surface area (Å²) >= 11 is 0. The summed E-state index contributed by atoms with van der Waals surface area (Å²) in [4.78, 5) is 0. The zero-order chi connectivity index (χ0) is 16.9. The Morgan fingerprint density at radius 3 is 2.92 bits per heavy atom. The van der Waals surface area contributed by atoms with Gasteiger partial charge in [0.1, 0.15) is 11.6 Å². The van der Waals surface area contributed by atoms with Crippen LogP contribution in [0.3, 0.4) is 0 Å². The van der Waals surface area contributed by atoms with E-state index in [0.717, 1.165) is 42.8 Å². The average molecular weight is 328 g/mol. The number of hydrogen-bond donors (Lipinski definition) is 2. The highest BCUT2D eigenvalue weighted by molar-refractivity contribution is 5.37. The molecule has 128 valence electrons. The minimum atomic E-state index is -0.182. The van der Waals surface area contributed by atoms with Crippen molar-refractivity contribution >= 4 is 0 Å². The first-order chi connectivity index (χ1) is 11.7. The van der Waals surface area contributed by atoms with Gasteiger partial charge in [-0.3, -0.25) is 0 Å². The first kappa shape index (κ1) is 16.9. The van der Waals surface area contributed by atoms with Gasteiger partial charge in [0, 0.05) is 24.2 Å². The smallest absolute Gasteiger partial charge is 0.123 e. The van der Waals surface area contributed by atoms with Crippen molar-refractivity contribution < 1.29 is 9.13 Å². The number of halogens is 1. The predicted molar refractivity (Wildman–Crippen MR) is 94.7 cm³/mol. The average Bonchev–Trinajstić information content (AvgIpc) is 2.60. The summed E-state index contributed by atoms with van der Waals surface area (Å²) in [6.45, 7) is 3.79. The van der Waals surface area contributed by atoms with E-state index in [1.807, 2.05) is 12.1 Å². The number of methoxy groups -OCH3 is 1. The highest BCUT2D eigenvalue weighted by Crippen LogP contribution is 2.26. The van der Waals surface area contributed by atoms with E-state index in [0.29, 0.717) is 0 Å². The van der Waals surface area contributed by atoms with Gasteiger partial charge < -0.3 is 15.4 Å². The van der Waals surface area contributed by atoms with E-state index in [4.69, 9.17) is 4.74 Å². The van der Waals surface area contributed by atoms with Gasteiger partial charge in [-0.15, -0.1) is 0 Å². The summed E-state index contributed by atoms with van der Waals surface area (Å²) in [6, 6.07) is 13.5. The molecule has 0 amide bonds. The molecule has 1 aliphatic rings. The quantitative estimate of drug-likeness (QED) is 0.877. The first-order valence-electron chi connectivity index (χ1n) is 8.53. The monoisotopic (exact) mass is 328 g/mol. The van der Waals surface area contributed by atoms with Crippen LogP contribution in [0.5, 0.6) is 5.75 Å². The molecule has 0 aromatic heterocycles. The Labute approximate surface area is 143 Å². The van der Waals surface area contributed by atoms with Gasteiger partial charge in [0.05, 0.1) is 7.11 Å². The van der Waals surface area contributed by atoms with Crippen molar-refractivity contribution in [3.8, 4) is 5.75 Å². The second kappa shape index (κ2) is 7.77. The summed E-state index contributed by atoms with van der Waals surface area (Å²) in [6.07, 6.45) is 2.19. The third kappa shape index (κ3) is 3.94. The molecule has 2 atom stereocenters. The van der Waals surface area contributed by atoms with E-state index in [2.05, 4.69) is 29.7 Å². The van der Waals surface area contributed by atoms with E-state index < -0.39 is 0 Å². The molecule has 0 unspecified atom stereocenters. The lowest BCUT2D eigenvalue weighted by Crippen LogP contribution is -2.45. The van der Waals surface area contributed by atoms with Crippen LogP contribution in [0.1, 0.15) is 35.6 Å². The van der Waals surface area contributed by atoms with Gasteiger partial charge >= 0.3 is 0 Å². The number of rotatable bonds is 5. The van der Waals surface area contributed by atoms with Gasteiger partial charge in [-0.1, -0.05) is 29.8 Å². The molecule has 0 saturated carbocycles. The molecule has 2 N–H and O–H groups in total. The lowest BCUT2D eigenvalue weighted by molar-refractivity contribution is 0.302. The molecule has 2 aromatic carbocycles. The Morgan fingerprint density at radius 2 is 2.12 bits per heavy atom. The van der Waals surface area contributed by atoms with Crippen molar-refractivity contribution in [3.05, 3.63) is 65.0 Å². The van der Waals surface area contributed by atoms with Crippen LogP contribution < -0.4 is 15.4 Å². The lowest BCUT2D eigenvalue weighted by atomic mass is 9.92. The van der Waals surface area contributed by atoms with E-state index in [9.17, 15) is 4.39 Å². The number of benzene rings is 2. The number of piperidine rings is 1. The normalized spacial score (nSPS) is 20.8. The molecular weight excluding hydrogens is 303 g/mol. The predicted octanol–water partition coefficient (Wildman–Crippen LogP) is 3.73. The standard InChI is InChI=1S/C20H25FN2O/c1-14-8-9-19(24-2)16(11-14)13-23-18-7-4-10-22-20(18)15-5-3-6-17(21)12-15/h3,5-6,8-9,11-12,18,20,22-23H,4,7,10,13H2,1-2H3/t18-,20-/m1/s1. The first-order valence-corrected chi connectivity index (χ1v) is 8.53. The van der Waals surface area contributed by atoms with Crippen molar-refractivity contribution in [2.75, 3.05) is 13.7 Å². The van der Waals surface area contributed by atoms with Crippen molar-refractivity contribution in [3.63, 3.8) is 0 Å². The third-order valence-electron chi connectivity index (χ3n) is 4.66. The molecule has 0 spiro atoms. The van der Waals surface area contributed by atoms with Crippen LogP contribution in [-0.4, -0.2) is 19.7 Å². The Bertz CT molecular complexity index is 689. The minimum Gasteiger partial charge on any atom is -0.496 e. The van der Waals surface area contributed by atoms with Gasteiger partial charge in [0.25, 0.3) is 0 Å². The second-order valence-corrected chi connectivity index (χ2v) is 6.43. The Morgan fingerprint density at radius 1 is 1.25 bits per heavy atom. The third-order valence-corrected chi connectivity index (χ3v) is 4.66. The van der Waals surface area contributed by atoms with E-state index >= 15 is 0 Å². The lowest BCUT2D eigenvalue weighted by Gasteiger charge is -2.34. The maximum atomic E-state index is 13.6. The fourth-order valence-corrected chi connectivity index (χ4v) is 3.45. The van der Waals surface area contributed by atoms with E-state index in [1.165, 1.54) is 11.6 Å². The van der Waals surface area contributed by atoms with Crippen molar-refractivity contribution in [1.29, 1.82) is 0 Å². The Kier molecular flexibility index (Phi) is 5.48. The van der Waals surface area contributed by atoms with Crippen LogP contribution in [0.15, 0.2) is 42.5 Å². The number of aryl methyl sites for hydroxylation is 1. The van der Waals surface area contributed by atoms with Crippen LogP contribution in [0.25, 0.3) is 0 Å². The van der Waals surface area contributed by atoms with Crippen LogP contribution in [-0.2, 0) is 6.54 Å². The van der Waals surface area contributed by atoms with Crippen molar-refractivity contribution in [2.24, 2.45) is 0 Å². The van der Waals surface area contributed by atoms with Crippen LogP contribution in [0.4, 0.5) is 4.39 Å². The van der Waals surface area contributed by atoms with Crippen molar-refractivity contribution in [2.45, 2.75) is 38.4 Å². The highest BCUT2D eigenvalue weighted by atomic mass is 19.1. The molecule has 1 saturated heterocycles. The van der Waals surface area contributed by atoms with Gasteiger partial charge in [-0.2, -0.15) is 0 Å². The number of ether oxygens (including phenoxy) is 1. The second-order valence-electron chi connectivity index (χ2n) is 6.43. The molecule has 1 heterocycles. The molecule has 3 nitrogen and oxygen atoms in total. The molecule has 3 rings (SSSR count). The summed E-state index contributed by atoms with van der Waals surface area (Å²) in [5, 5.41) is 7.17. The summed E-state index contributed by atoms with van der Waals surface area (Å²) in [5.41, 5.74) is 3.38. The molecular formula is C20H25FN2O. The maximum Gasteiger partial charge on any atom is 0.123 e. The zero-order valence-corrected chi connectivity index (χ0v) is 14.3. The Hall–Kier alpha value is -1.91. The summed E-state index contributed by atoms with van der Waals surface area (Å²) < 4.78 is 19.0. The molecule has 1 fully saturated rings. The van der Waals surface area contributed by atoms with Gasteiger partial charge in [0.15, 0.2) is 0 Å². The van der Waals surface area contributed by atoms with Gasteiger partial charge in [0.2, 0.25) is 0 Å². The van der Waals surface area contributed by atoms with Crippen molar-refractivity contribution in [1.82, 2.24) is 10.6 Å². The molecule has 2 aromatic rings. The fraction of sp³-hybridized carbons (Fsp3) is 0.400. The van der Waals surface area contributed by atoms with E-state index in [1.54, 1.807) is 19.2 Å². The topological polar surface area (TPSA) is 33.3 Å². The minimum absolute atomic E-state index is 0.130. The van der Waals surface area contributed by atoms with E-state index in [-0.39, 0.29) is 17.9 Å². The molecule has 4 heteroatoms. The fourth-order valence-electron chi connectivity index (χ4n) is 3.45. The highest BCUT2D eigenvalue weighted by Gasteiger charge is 2.26. The maximum absolute atomic E-state index is 13.6. The number of hydrogen-bond acceptors (Lipinski definition) is 3. The molecule has 0 aliphatic carbocycles. The largest absolute Gasteiger partial charge is 0.496 e.